The monoisotopic (exact) mass is 674 g/mol. The Balaban J connectivity index is 0.926. The molecule has 0 saturated carbocycles. The minimum atomic E-state index is -0.550. The molecule has 2 amide bonds. The highest BCUT2D eigenvalue weighted by atomic mass is 16.6. The number of fused-ring (bicyclic) bond motifs is 2. The van der Waals surface area contributed by atoms with Crippen molar-refractivity contribution >= 4 is 23.9 Å². The minimum absolute atomic E-state index is 0.0924. The number of benzene rings is 4. The summed E-state index contributed by atoms with van der Waals surface area (Å²) in [5.74, 6) is -0.116. The van der Waals surface area contributed by atoms with Crippen LogP contribution in [0.5, 0.6) is 17.2 Å². The van der Waals surface area contributed by atoms with Crippen LogP contribution in [0.25, 0.3) is 0 Å². The number of ether oxygens (including phenoxy) is 3. The van der Waals surface area contributed by atoms with Gasteiger partial charge in [0.25, 0.3) is 5.91 Å². The van der Waals surface area contributed by atoms with Gasteiger partial charge in [0.2, 0.25) is 0 Å². The number of nitrogens with one attached hydrogen (secondary N) is 2. The van der Waals surface area contributed by atoms with E-state index in [4.69, 9.17) is 14.2 Å². The first-order valence-electron chi connectivity index (χ1n) is 17.0. The van der Waals surface area contributed by atoms with E-state index >= 15 is 0 Å². The first-order chi connectivity index (χ1) is 23.9. The molecule has 0 fully saturated rings. The summed E-state index contributed by atoms with van der Waals surface area (Å²) >= 11 is 0. The Bertz CT molecular complexity index is 1930. The number of hydrogen-bond donors (Lipinski definition) is 2. The van der Waals surface area contributed by atoms with Crippen LogP contribution in [0.3, 0.4) is 0 Å². The molecule has 0 saturated heterocycles. The molecule has 3 atom stereocenters. The molecule has 6 rings (SSSR count). The molecule has 258 valence electrons. The predicted molar refractivity (Wildman–Crippen MR) is 189 cm³/mol. The van der Waals surface area contributed by atoms with Crippen molar-refractivity contribution in [3.05, 3.63) is 124 Å². The Hall–Kier alpha value is -5.44. The van der Waals surface area contributed by atoms with E-state index in [2.05, 4.69) is 31.4 Å². The van der Waals surface area contributed by atoms with Gasteiger partial charge in [-0.1, -0.05) is 80.4 Å². The average molecular weight is 675 g/mol. The first-order valence-corrected chi connectivity index (χ1v) is 17.0. The van der Waals surface area contributed by atoms with Gasteiger partial charge in [0.1, 0.15) is 29.1 Å². The molecule has 2 heterocycles. The molecule has 9 heteroatoms. The number of rotatable bonds is 11. The van der Waals surface area contributed by atoms with Crippen LogP contribution in [0.1, 0.15) is 89.2 Å². The zero-order chi connectivity index (χ0) is 35.6. The lowest BCUT2D eigenvalue weighted by atomic mass is 9.80. The second-order valence-corrected chi connectivity index (χ2v) is 14.2. The maximum atomic E-state index is 12.9. The molecule has 50 heavy (non-hydrogen) atoms. The molecule has 0 radical (unpaired) electrons. The van der Waals surface area contributed by atoms with Crippen LogP contribution in [0.4, 0.5) is 4.79 Å². The number of hydrogen-bond acceptors (Lipinski definition) is 7. The molecular weight excluding hydrogens is 632 g/mol. The summed E-state index contributed by atoms with van der Waals surface area (Å²) in [4.78, 5) is 50.6. The normalized spacial score (nSPS) is 16.9. The van der Waals surface area contributed by atoms with Gasteiger partial charge in [0, 0.05) is 29.8 Å². The first kappa shape index (κ1) is 34.4. The number of carbonyl (C=O) groups excluding carboxylic acids is 4. The fraction of sp³-hybridized carbons (Fsp3) is 0.317. The summed E-state index contributed by atoms with van der Waals surface area (Å²) in [5, 5.41) is 5.86. The minimum Gasteiger partial charge on any atom is -0.425 e. The van der Waals surface area contributed by atoms with Crippen LogP contribution in [0.15, 0.2) is 84.9 Å². The highest BCUT2D eigenvalue weighted by molar-refractivity contribution is 5.95. The van der Waals surface area contributed by atoms with Gasteiger partial charge in [0.05, 0.1) is 0 Å². The van der Waals surface area contributed by atoms with Gasteiger partial charge in [-0.05, 0) is 85.5 Å². The van der Waals surface area contributed by atoms with Gasteiger partial charge in [-0.2, -0.15) is 0 Å². The van der Waals surface area contributed by atoms with Gasteiger partial charge in [0.15, 0.2) is 0 Å². The molecule has 2 aliphatic heterocycles. The Labute approximate surface area is 292 Å². The van der Waals surface area contributed by atoms with Crippen molar-refractivity contribution in [2.45, 2.75) is 59.3 Å². The van der Waals surface area contributed by atoms with E-state index in [9.17, 15) is 19.2 Å². The van der Waals surface area contributed by atoms with Crippen molar-refractivity contribution in [1.29, 1.82) is 0 Å². The smallest absolute Gasteiger partial charge is 0.412 e. The van der Waals surface area contributed by atoms with E-state index in [0.717, 1.165) is 46.2 Å². The standard InChI is InChI=1S/C41H42N2O7/c1-24-6-16-33-31(20-24)35(38(45)49-33)27-8-10-29(11-9-27)37(44)42-19-18-41(4,5)22-26(3)23-43-40(47)48-30-14-12-28(13-15-30)36-32-21-25(2)7-17-34(32)50-39(36)46/h6-17,20-21,26,35-36H,18-19,22-23H2,1-5H3,(H,42,44)(H,43,47). The molecule has 0 aromatic heterocycles. The Morgan fingerprint density at radius 3 is 1.82 bits per heavy atom. The van der Waals surface area contributed by atoms with E-state index in [1.54, 1.807) is 36.4 Å². The number of amides is 2. The fourth-order valence-electron chi connectivity index (χ4n) is 6.88. The van der Waals surface area contributed by atoms with Crippen molar-refractivity contribution < 1.29 is 33.4 Å². The van der Waals surface area contributed by atoms with Crippen LogP contribution in [0.2, 0.25) is 0 Å². The summed E-state index contributed by atoms with van der Waals surface area (Å²) < 4.78 is 16.4. The largest absolute Gasteiger partial charge is 0.425 e. The maximum Gasteiger partial charge on any atom is 0.412 e. The van der Waals surface area contributed by atoms with E-state index < -0.39 is 17.9 Å². The van der Waals surface area contributed by atoms with Gasteiger partial charge in [-0.3, -0.25) is 14.4 Å². The Kier molecular flexibility index (Phi) is 9.77. The summed E-state index contributed by atoms with van der Waals surface area (Å²) in [6, 6.07) is 25.4. The van der Waals surface area contributed by atoms with Crippen LogP contribution in [-0.2, 0) is 9.59 Å². The maximum absolute atomic E-state index is 12.9. The number of carbonyl (C=O) groups is 4. The van der Waals surface area contributed by atoms with Crippen LogP contribution >= 0.6 is 0 Å². The van der Waals surface area contributed by atoms with Gasteiger partial charge >= 0.3 is 18.0 Å². The molecule has 0 spiro atoms. The fourth-order valence-corrected chi connectivity index (χ4v) is 6.88. The van der Waals surface area contributed by atoms with Gasteiger partial charge in [-0.15, -0.1) is 0 Å². The SMILES string of the molecule is Cc1ccc2c(c1)C(c1ccc(OC(=O)NCC(C)CC(C)(C)CCNC(=O)c3ccc(C4C(=O)Oc5ccc(C)cc54)cc3)cc1)C(=O)O2. The Morgan fingerprint density at radius 2 is 1.28 bits per heavy atom. The molecule has 4 aromatic carbocycles. The lowest BCUT2D eigenvalue weighted by molar-refractivity contribution is -0.134. The van der Waals surface area contributed by atoms with Crippen LogP contribution in [-0.4, -0.2) is 37.0 Å². The van der Waals surface area contributed by atoms with Gasteiger partial charge < -0.3 is 24.8 Å². The zero-order valence-electron chi connectivity index (χ0n) is 29.0. The highest BCUT2D eigenvalue weighted by Gasteiger charge is 2.35. The lowest BCUT2D eigenvalue weighted by Crippen LogP contribution is -2.33. The molecule has 0 aliphatic carbocycles. The van der Waals surface area contributed by atoms with Crippen molar-refractivity contribution in [3.8, 4) is 17.2 Å². The van der Waals surface area contributed by atoms with Crippen molar-refractivity contribution in [1.82, 2.24) is 10.6 Å². The Morgan fingerprint density at radius 1 is 0.760 bits per heavy atom. The third-order valence-electron chi connectivity index (χ3n) is 9.36. The third-order valence-corrected chi connectivity index (χ3v) is 9.36. The molecule has 4 aromatic rings. The topological polar surface area (TPSA) is 120 Å². The quantitative estimate of drug-likeness (QED) is 0.126. The molecular formula is C41H42N2O7. The van der Waals surface area contributed by atoms with E-state index in [-0.39, 0.29) is 29.2 Å². The average Bonchev–Trinajstić information content (AvgIpc) is 3.57. The highest BCUT2D eigenvalue weighted by Crippen LogP contribution is 2.41. The third kappa shape index (κ3) is 7.72. The number of aryl methyl sites for hydroxylation is 2. The van der Waals surface area contributed by atoms with Crippen molar-refractivity contribution in [3.63, 3.8) is 0 Å². The van der Waals surface area contributed by atoms with E-state index in [1.165, 1.54) is 0 Å². The van der Waals surface area contributed by atoms with Crippen LogP contribution in [0, 0.1) is 25.2 Å². The summed E-state index contributed by atoms with van der Waals surface area (Å²) in [7, 11) is 0. The van der Waals surface area contributed by atoms with Gasteiger partial charge in [-0.25, -0.2) is 4.79 Å². The molecule has 2 aliphatic rings. The predicted octanol–water partition coefficient (Wildman–Crippen LogP) is 7.37. The summed E-state index contributed by atoms with van der Waals surface area (Å²) in [6.45, 7) is 11.2. The van der Waals surface area contributed by atoms with Crippen molar-refractivity contribution in [2.75, 3.05) is 13.1 Å². The van der Waals surface area contributed by atoms with E-state index in [0.29, 0.717) is 35.9 Å². The molecule has 2 N–H and O–H groups in total. The zero-order valence-corrected chi connectivity index (χ0v) is 29.0. The molecule has 9 nitrogen and oxygen atoms in total. The second-order valence-electron chi connectivity index (χ2n) is 14.2. The van der Waals surface area contributed by atoms with E-state index in [1.807, 2.05) is 62.4 Å². The summed E-state index contributed by atoms with van der Waals surface area (Å²) in [5.41, 5.74) is 5.76. The van der Waals surface area contributed by atoms with Crippen molar-refractivity contribution in [2.24, 2.45) is 11.3 Å². The second kappa shape index (κ2) is 14.2. The lowest BCUT2D eigenvalue weighted by Gasteiger charge is -2.28. The summed E-state index contributed by atoms with van der Waals surface area (Å²) in [6.07, 6.45) is 1.02. The molecule has 3 unspecified atom stereocenters. The van der Waals surface area contributed by atoms with Crippen LogP contribution < -0.4 is 24.8 Å². The number of esters is 2. The molecule has 0 bridgehead atoms.